The summed E-state index contributed by atoms with van der Waals surface area (Å²) in [4.78, 5) is 70.7. The van der Waals surface area contributed by atoms with Gasteiger partial charge in [-0.25, -0.2) is 14.5 Å². The Morgan fingerprint density at radius 3 is 1.30 bits per heavy atom. The molecule has 4 atom stereocenters. The zero-order valence-electron chi connectivity index (χ0n) is 65.3. The van der Waals surface area contributed by atoms with Crippen LogP contribution in [-0.2, 0) is 20.7 Å². The molecule has 0 saturated heterocycles. The quantitative estimate of drug-likeness (QED) is 0.0298. The molecular formula is C88H80N6Na2O17S2. The number of methoxy groups -OCH3 is 3. The number of aliphatic imine (C=N–C) groups is 2. The van der Waals surface area contributed by atoms with Gasteiger partial charge in [-0.15, -0.1) is 12.6 Å². The standard InChI is InChI=1S/C45H41N2O8S.C43H40N4O6.2Na.O3S/c1-27-6-10-30(11-7-27)34-19-36-15-14-32-21-42(41(53-4)24-38(32)44(48)46(36)25-34)55-17-5-16-54-40-22-33-23-43(56(50,51)52)39-20-35(31-12-8-28(2)9-13-31)26-47(39)45(49)37(33)18-29(40)3;1-26-6-8-28(9-7-26)30-17-33-23-45-38-21-41(40(51-4)19-36(38)43(49)47(33)24-30)53-15-5-14-52-39-20-37-35(16-27(39)2)42(48)46-25-31(18-32(46)22-44-37)29-10-12-34(50-3)13-11-29;;;1-4(2)3/h6-14,18,21-26,36,39H,5,16-17,19-20H2,1-4H3,(H,50,51,52);6-13,16,19-25,32-33H,5,14-15,17-18H2,1-4H3;;;/q-1;;2*+1;/p-1/t36-,39+;32-,33-;;;/m10.../s1. The Morgan fingerprint density at radius 1 is 0.443 bits per heavy atom. The van der Waals surface area contributed by atoms with Crippen LogP contribution in [0.2, 0.25) is 0 Å². The molecule has 0 spiro atoms. The molecule has 0 bridgehead atoms. The van der Waals surface area contributed by atoms with E-state index in [1.807, 2.05) is 125 Å². The number of hydrogen-bond donors (Lipinski definition) is 0. The SMILES string of the molecule is COc1cc2c(cc1OCCCOc1cc3c(cc1C)C(=O)N1C=C(c4ccc(C)cc4)C[C@H]1C(S(=O)(=O)[O-])=C3)C=[C-][C@@H]1CC(c3ccc(C)cc3)=CN1C2=O.COc1ccc(C2=CN3C(=O)c4cc(C)c(OCCCOc5cc6c(cc5OC)C(=O)N5C=C(c7ccc(C)cc7)C[C@H]5C=N6)cc4N=C[C@@H]3C2)cc1.O=S(=O)=O.[Na+].[Na+]. The Hall–Kier alpha value is -10.5. The van der Waals surface area contributed by atoms with Crippen molar-refractivity contribution < 1.29 is 137 Å². The van der Waals surface area contributed by atoms with Gasteiger partial charge in [0.1, 0.15) is 33.1 Å². The number of ether oxygens (including phenoxy) is 7. The summed E-state index contributed by atoms with van der Waals surface area (Å²) in [5, 5.41) is 0. The van der Waals surface area contributed by atoms with Crippen molar-refractivity contribution in [3.8, 4) is 40.2 Å². The Morgan fingerprint density at radius 2 is 0.817 bits per heavy atom. The van der Waals surface area contributed by atoms with Gasteiger partial charge < -0.3 is 57.3 Å². The van der Waals surface area contributed by atoms with E-state index >= 15 is 0 Å². The topological polar surface area (TPSA) is 279 Å². The van der Waals surface area contributed by atoms with Crippen LogP contribution in [-0.4, -0.2) is 153 Å². The monoisotopic (exact) mass is 1600 g/mol. The molecule has 0 aliphatic carbocycles. The zero-order chi connectivity index (χ0) is 79.5. The third-order valence-corrected chi connectivity index (χ3v) is 21.8. The number of aryl methyl sites for hydroxylation is 5. The normalized spacial score (nSPS) is 17.7. The van der Waals surface area contributed by atoms with Gasteiger partial charge in [-0.1, -0.05) is 108 Å². The zero-order valence-corrected chi connectivity index (χ0v) is 70.9. The van der Waals surface area contributed by atoms with E-state index in [0.717, 1.165) is 61.4 Å². The molecule has 27 heteroatoms. The van der Waals surface area contributed by atoms with Crippen molar-refractivity contribution in [2.45, 2.75) is 97.3 Å². The van der Waals surface area contributed by atoms with Crippen molar-refractivity contribution in [1.29, 1.82) is 0 Å². The van der Waals surface area contributed by atoms with Crippen LogP contribution in [0.4, 0.5) is 11.4 Å². The summed E-state index contributed by atoms with van der Waals surface area (Å²) in [6.07, 6.45) is 21.0. The Balaban J connectivity index is 0.000000200. The summed E-state index contributed by atoms with van der Waals surface area (Å²) >= 11 is 0. The first-order valence-corrected chi connectivity index (χ1v) is 39.2. The third-order valence-electron chi connectivity index (χ3n) is 20.8. The van der Waals surface area contributed by atoms with Crippen LogP contribution in [0.3, 0.4) is 0 Å². The third kappa shape index (κ3) is 18.5. The van der Waals surface area contributed by atoms with Crippen LogP contribution in [0, 0.1) is 40.7 Å². The molecule has 0 aromatic heterocycles. The summed E-state index contributed by atoms with van der Waals surface area (Å²) in [6.45, 7) is 11.1. The average Bonchev–Trinajstić information content (AvgIpc) is 1.62. The second-order valence-corrected chi connectivity index (χ2v) is 30.2. The van der Waals surface area contributed by atoms with Gasteiger partial charge >= 0.3 is 69.7 Å². The maximum absolute atomic E-state index is 13.9. The summed E-state index contributed by atoms with van der Waals surface area (Å²) < 4.78 is 104. The smallest absolute Gasteiger partial charge is 0.744 e. The van der Waals surface area contributed by atoms with E-state index in [-0.39, 0.29) is 125 Å². The molecule has 0 radical (unpaired) electrons. The fourth-order valence-corrected chi connectivity index (χ4v) is 15.6. The molecule has 8 heterocycles. The molecular weight excluding hydrogens is 1520 g/mol. The summed E-state index contributed by atoms with van der Waals surface area (Å²) in [7, 11) is -3.28. The number of carbonyl (C=O) groups is 4. The number of amides is 4. The molecule has 23 nitrogen and oxygen atoms in total. The predicted molar refractivity (Wildman–Crippen MR) is 428 cm³/mol. The first-order valence-electron chi connectivity index (χ1n) is 36.8. The van der Waals surface area contributed by atoms with Gasteiger partial charge in [-0.3, -0.25) is 35.2 Å². The van der Waals surface area contributed by atoms with Gasteiger partial charge in [-0.05, 0) is 162 Å². The minimum Gasteiger partial charge on any atom is -0.744 e. The number of rotatable bonds is 20. The molecule has 0 saturated carbocycles. The maximum Gasteiger partial charge on any atom is 1.00 e. The largest absolute Gasteiger partial charge is 1.00 e. The predicted octanol–water partition coefficient (Wildman–Crippen LogP) is 8.82. The maximum atomic E-state index is 13.9. The molecule has 0 fully saturated rings. The second kappa shape index (κ2) is 36.2. The van der Waals surface area contributed by atoms with Gasteiger partial charge in [0.05, 0.1) is 93.3 Å². The second-order valence-electron chi connectivity index (χ2n) is 28.4. The molecule has 0 unspecified atom stereocenters. The molecule has 8 aromatic rings. The minimum absolute atomic E-state index is 0. The van der Waals surface area contributed by atoms with E-state index in [0.29, 0.717) is 125 Å². The van der Waals surface area contributed by atoms with E-state index in [1.165, 1.54) is 29.2 Å². The molecule has 4 amide bonds. The van der Waals surface area contributed by atoms with Crippen LogP contribution in [0.1, 0.15) is 141 Å². The molecule has 115 heavy (non-hydrogen) atoms. The minimum atomic E-state index is -4.90. The first kappa shape index (κ1) is 84.0. The Kier molecular flexibility index (Phi) is 26.4. The number of nitrogens with zero attached hydrogens (tertiary/aromatic N) is 6. The van der Waals surface area contributed by atoms with Gasteiger partial charge in [-0.2, -0.15) is 5.56 Å². The van der Waals surface area contributed by atoms with Crippen molar-refractivity contribution in [3.05, 3.63) is 265 Å². The van der Waals surface area contributed by atoms with Gasteiger partial charge in [0.15, 0.2) is 17.2 Å². The summed E-state index contributed by atoms with van der Waals surface area (Å²) in [5.41, 5.74) is 17.0. The van der Waals surface area contributed by atoms with Crippen LogP contribution in [0.5, 0.6) is 40.2 Å². The summed E-state index contributed by atoms with van der Waals surface area (Å²) in [6, 6.07) is 44.7. The fourth-order valence-electron chi connectivity index (χ4n) is 14.8. The van der Waals surface area contributed by atoms with E-state index in [1.54, 1.807) is 71.5 Å². The molecule has 16 rings (SSSR count). The van der Waals surface area contributed by atoms with Crippen LogP contribution >= 0.6 is 0 Å². The van der Waals surface area contributed by atoms with Crippen molar-refractivity contribution >= 4 is 103 Å². The van der Waals surface area contributed by atoms with E-state index in [4.69, 9.17) is 55.8 Å². The Labute approximate surface area is 713 Å². The Bertz CT molecular complexity index is 5660. The molecule has 0 N–H and O–H groups in total. The molecule has 8 aromatic carbocycles. The van der Waals surface area contributed by atoms with Crippen LogP contribution in [0.15, 0.2) is 185 Å². The fraction of sp³-hybridized carbons (Fsp3) is 0.250. The van der Waals surface area contributed by atoms with Gasteiger partial charge in [0.25, 0.3) is 17.7 Å². The van der Waals surface area contributed by atoms with Crippen LogP contribution in [0.25, 0.3) is 34.4 Å². The van der Waals surface area contributed by atoms with Crippen molar-refractivity contribution in [3.63, 3.8) is 0 Å². The molecule has 8 aliphatic heterocycles. The number of benzene rings is 8. The van der Waals surface area contributed by atoms with Crippen LogP contribution < -0.4 is 92.3 Å². The van der Waals surface area contributed by atoms with Gasteiger partial charge in [0, 0.05) is 87.0 Å². The van der Waals surface area contributed by atoms with E-state index < -0.39 is 32.7 Å². The van der Waals surface area contributed by atoms with E-state index in [2.05, 4.69) is 61.5 Å². The average molecular weight is 1600 g/mol. The molecule has 8 aliphatic rings. The first-order chi connectivity index (χ1) is 54.4. The van der Waals surface area contributed by atoms with Crippen molar-refractivity contribution in [2.24, 2.45) is 9.98 Å². The number of carbonyl (C=O) groups excluding carboxylic acids is 4. The van der Waals surface area contributed by atoms with E-state index in [9.17, 15) is 32.1 Å². The summed E-state index contributed by atoms with van der Waals surface area (Å²) in [5.74, 6) is 3.05. The van der Waals surface area contributed by atoms with Gasteiger partial charge in [0.2, 0.25) is 5.91 Å². The number of fused-ring (bicyclic) bond motifs is 8. The number of hydrogen-bond acceptors (Lipinski definition) is 19. The van der Waals surface area contributed by atoms with Crippen molar-refractivity contribution in [2.75, 3.05) is 47.8 Å². The van der Waals surface area contributed by atoms with Crippen molar-refractivity contribution in [1.82, 2.24) is 19.6 Å². The molecule has 578 valence electrons.